The van der Waals surface area contributed by atoms with E-state index in [2.05, 4.69) is 27.8 Å². The average Bonchev–Trinajstić information content (AvgIpc) is 3.24. The van der Waals surface area contributed by atoms with Crippen LogP contribution >= 0.6 is 0 Å². The maximum Gasteiger partial charge on any atom is 0.263 e. The fourth-order valence-electron chi connectivity index (χ4n) is 4.07. The summed E-state index contributed by atoms with van der Waals surface area (Å²) in [5, 5.41) is 6.85. The number of para-hydroxylation sites is 1. The highest BCUT2D eigenvalue weighted by Crippen LogP contribution is 2.29. The molecule has 0 spiro atoms. The Balaban J connectivity index is 1.51. The zero-order chi connectivity index (χ0) is 22.1. The number of hydrogen-bond donors (Lipinski definition) is 2. The Hall–Kier alpha value is -4.00. The molecule has 32 heavy (non-hydrogen) atoms. The number of hydrogen-bond acceptors (Lipinski definition) is 5. The monoisotopic (exact) mass is 427 g/mol. The van der Waals surface area contributed by atoms with Crippen molar-refractivity contribution in [2.45, 2.75) is 12.5 Å². The van der Waals surface area contributed by atoms with Crippen LogP contribution in [0.3, 0.4) is 0 Å². The number of nitrogens with zero attached hydrogens (tertiary/aromatic N) is 3. The summed E-state index contributed by atoms with van der Waals surface area (Å²) in [6.07, 6.45) is 4.23. The Morgan fingerprint density at radius 3 is 2.56 bits per heavy atom. The molecule has 6 nitrogen and oxygen atoms in total. The number of pyridine rings is 1. The number of anilines is 2. The summed E-state index contributed by atoms with van der Waals surface area (Å²) in [6.45, 7) is 0.612. The number of aromatic nitrogens is 3. The number of nitrogens with one attached hydrogen (secondary N) is 2. The molecule has 3 heterocycles. The van der Waals surface area contributed by atoms with Crippen molar-refractivity contribution in [1.82, 2.24) is 14.5 Å². The van der Waals surface area contributed by atoms with E-state index in [1.807, 2.05) is 24.3 Å². The van der Waals surface area contributed by atoms with Gasteiger partial charge in [-0.1, -0.05) is 30.3 Å². The number of benzene rings is 2. The molecular weight excluding hydrogens is 405 g/mol. The normalized spacial score (nSPS) is 14.6. The number of rotatable bonds is 5. The first-order valence-electron chi connectivity index (χ1n) is 10.5. The molecule has 0 fully saturated rings. The van der Waals surface area contributed by atoms with Gasteiger partial charge in [-0.15, -0.1) is 0 Å². The first-order valence-corrected chi connectivity index (χ1v) is 10.5. The van der Waals surface area contributed by atoms with Crippen molar-refractivity contribution >= 4 is 11.6 Å². The average molecular weight is 427 g/mol. The highest BCUT2D eigenvalue weighted by molar-refractivity contribution is 5.80. The molecule has 5 rings (SSSR count). The minimum absolute atomic E-state index is 0.199. The molecule has 7 heteroatoms. The van der Waals surface area contributed by atoms with E-state index in [4.69, 9.17) is 4.98 Å². The predicted octanol–water partition coefficient (Wildman–Crippen LogP) is 4.10. The Bertz CT molecular complexity index is 1290. The standard InChI is InChI=1S/C25H22FN5O/c1-31-24(32)22(16-6-8-19(26)9-7-16)23(17-10-12-27-13-11-17)30-25(31)28-15-20-14-18-4-2-3-5-21(18)29-20/h2-13,20,29H,14-15H2,1H3,(H,28,30). The van der Waals surface area contributed by atoms with Crippen molar-refractivity contribution in [3.05, 3.63) is 94.8 Å². The zero-order valence-corrected chi connectivity index (χ0v) is 17.5. The van der Waals surface area contributed by atoms with Crippen molar-refractivity contribution in [2.75, 3.05) is 17.2 Å². The van der Waals surface area contributed by atoms with Crippen molar-refractivity contribution < 1.29 is 4.39 Å². The van der Waals surface area contributed by atoms with Gasteiger partial charge >= 0.3 is 0 Å². The van der Waals surface area contributed by atoms with Gasteiger partial charge in [-0.3, -0.25) is 14.3 Å². The van der Waals surface area contributed by atoms with Crippen LogP contribution < -0.4 is 16.2 Å². The fraction of sp³-hybridized carbons (Fsp3) is 0.160. The molecule has 0 radical (unpaired) electrons. The van der Waals surface area contributed by atoms with Crippen LogP contribution in [0.15, 0.2) is 77.9 Å². The second-order valence-electron chi connectivity index (χ2n) is 7.85. The van der Waals surface area contributed by atoms with E-state index < -0.39 is 0 Å². The molecule has 0 aliphatic carbocycles. The Kier molecular flexibility index (Phi) is 5.15. The van der Waals surface area contributed by atoms with Crippen LogP contribution in [-0.2, 0) is 13.5 Å². The molecule has 0 saturated carbocycles. The van der Waals surface area contributed by atoms with Gasteiger partial charge in [0.05, 0.1) is 11.3 Å². The zero-order valence-electron chi connectivity index (χ0n) is 17.5. The molecule has 0 bridgehead atoms. The molecular formula is C25H22FN5O. The molecule has 4 aromatic rings. The van der Waals surface area contributed by atoms with Crippen molar-refractivity contribution in [3.8, 4) is 22.4 Å². The van der Waals surface area contributed by atoms with Gasteiger partial charge in [-0.05, 0) is 47.9 Å². The van der Waals surface area contributed by atoms with Crippen LogP contribution in [0, 0.1) is 5.82 Å². The maximum atomic E-state index is 13.5. The van der Waals surface area contributed by atoms with Crippen LogP contribution in [0.5, 0.6) is 0 Å². The van der Waals surface area contributed by atoms with E-state index in [1.54, 1.807) is 31.6 Å². The van der Waals surface area contributed by atoms with Gasteiger partial charge in [0.1, 0.15) is 5.82 Å². The summed E-state index contributed by atoms with van der Waals surface area (Å²) in [6, 6.07) is 18.0. The van der Waals surface area contributed by atoms with Gasteiger partial charge in [-0.2, -0.15) is 0 Å². The third kappa shape index (κ3) is 3.73. The third-order valence-electron chi connectivity index (χ3n) is 5.73. The lowest BCUT2D eigenvalue weighted by Crippen LogP contribution is -2.30. The summed E-state index contributed by atoms with van der Waals surface area (Å²) in [4.78, 5) is 22.3. The first kappa shape index (κ1) is 19.9. The molecule has 2 aromatic carbocycles. The molecule has 1 unspecified atom stereocenters. The Labute approximate surface area is 184 Å². The lowest BCUT2D eigenvalue weighted by molar-refractivity contribution is 0.628. The van der Waals surface area contributed by atoms with Gasteiger partial charge in [0.25, 0.3) is 5.56 Å². The summed E-state index contributed by atoms with van der Waals surface area (Å²) in [7, 11) is 1.69. The van der Waals surface area contributed by atoms with Crippen LogP contribution in [0.2, 0.25) is 0 Å². The van der Waals surface area contributed by atoms with Crippen molar-refractivity contribution in [3.63, 3.8) is 0 Å². The van der Waals surface area contributed by atoms with E-state index in [0.29, 0.717) is 29.3 Å². The topological polar surface area (TPSA) is 71.8 Å². The predicted molar refractivity (Wildman–Crippen MR) is 124 cm³/mol. The van der Waals surface area contributed by atoms with Crippen LogP contribution in [0.25, 0.3) is 22.4 Å². The molecule has 2 N–H and O–H groups in total. The molecule has 160 valence electrons. The Morgan fingerprint density at radius 2 is 1.81 bits per heavy atom. The van der Waals surface area contributed by atoms with Crippen LogP contribution in [-0.4, -0.2) is 27.1 Å². The highest BCUT2D eigenvalue weighted by Gasteiger charge is 2.22. The van der Waals surface area contributed by atoms with E-state index in [0.717, 1.165) is 17.7 Å². The molecule has 0 saturated heterocycles. The summed E-state index contributed by atoms with van der Waals surface area (Å²) in [5.74, 6) is 0.123. The SMILES string of the molecule is Cn1c(NCC2Cc3ccccc3N2)nc(-c2ccncc2)c(-c2ccc(F)cc2)c1=O. The quantitative estimate of drug-likeness (QED) is 0.502. The van der Waals surface area contributed by atoms with Gasteiger partial charge < -0.3 is 10.6 Å². The minimum Gasteiger partial charge on any atom is -0.380 e. The third-order valence-corrected chi connectivity index (χ3v) is 5.73. The molecule has 1 aliphatic rings. The summed E-state index contributed by atoms with van der Waals surface area (Å²) < 4.78 is 15.0. The summed E-state index contributed by atoms with van der Waals surface area (Å²) in [5.41, 5.74) is 4.57. The number of halogens is 1. The van der Waals surface area contributed by atoms with Crippen LogP contribution in [0.4, 0.5) is 16.0 Å². The van der Waals surface area contributed by atoms with Gasteiger partial charge in [0.2, 0.25) is 5.95 Å². The molecule has 2 aromatic heterocycles. The van der Waals surface area contributed by atoms with Gasteiger partial charge in [-0.25, -0.2) is 9.37 Å². The molecule has 1 aliphatic heterocycles. The fourth-order valence-corrected chi connectivity index (χ4v) is 4.07. The second-order valence-corrected chi connectivity index (χ2v) is 7.85. The molecule has 1 atom stereocenters. The van der Waals surface area contributed by atoms with Gasteiger partial charge in [0, 0.05) is 43.3 Å². The largest absolute Gasteiger partial charge is 0.380 e. The smallest absolute Gasteiger partial charge is 0.263 e. The maximum absolute atomic E-state index is 13.5. The second kappa shape index (κ2) is 8.26. The number of fused-ring (bicyclic) bond motifs is 1. The van der Waals surface area contributed by atoms with E-state index in [9.17, 15) is 9.18 Å². The van der Waals surface area contributed by atoms with Crippen molar-refractivity contribution in [1.29, 1.82) is 0 Å². The van der Waals surface area contributed by atoms with Crippen molar-refractivity contribution in [2.24, 2.45) is 7.05 Å². The van der Waals surface area contributed by atoms with Crippen LogP contribution in [0.1, 0.15) is 5.56 Å². The van der Waals surface area contributed by atoms with E-state index in [1.165, 1.54) is 22.3 Å². The van der Waals surface area contributed by atoms with E-state index >= 15 is 0 Å². The summed E-state index contributed by atoms with van der Waals surface area (Å²) >= 11 is 0. The van der Waals surface area contributed by atoms with Gasteiger partial charge in [0.15, 0.2) is 0 Å². The van der Waals surface area contributed by atoms with E-state index in [-0.39, 0.29) is 17.4 Å². The minimum atomic E-state index is -0.354. The lowest BCUT2D eigenvalue weighted by atomic mass is 10.0. The lowest BCUT2D eigenvalue weighted by Gasteiger charge is -2.18. The Morgan fingerprint density at radius 1 is 1.06 bits per heavy atom. The first-order chi connectivity index (χ1) is 15.6. The highest BCUT2D eigenvalue weighted by atomic mass is 19.1. The molecule has 0 amide bonds.